The molecule has 2 nitrogen and oxygen atoms in total. The molecule has 2 atom stereocenters. The molecule has 2 heterocycles. The molecule has 0 spiro atoms. The van der Waals surface area contributed by atoms with Crippen LogP contribution in [0.1, 0.15) is 39.5 Å². The van der Waals surface area contributed by atoms with Gasteiger partial charge in [0.15, 0.2) is 0 Å². The van der Waals surface area contributed by atoms with Crippen molar-refractivity contribution in [3.8, 4) is 0 Å². The lowest BCUT2D eigenvalue weighted by Crippen LogP contribution is -2.40. The zero-order valence-corrected chi connectivity index (χ0v) is 8.90. The molecular weight excluding hydrogens is 160 g/mol. The van der Waals surface area contributed by atoms with Crippen LogP contribution in [-0.4, -0.2) is 24.7 Å². The molecule has 0 saturated carbocycles. The summed E-state index contributed by atoms with van der Waals surface area (Å²) in [6.07, 6.45) is 5.53. The van der Waals surface area contributed by atoms with E-state index in [1.807, 2.05) is 0 Å². The molecule has 0 amide bonds. The maximum Gasteiger partial charge on any atom is 0.0128 e. The van der Waals surface area contributed by atoms with Gasteiger partial charge >= 0.3 is 0 Å². The molecule has 2 fully saturated rings. The predicted molar refractivity (Wildman–Crippen MR) is 55.8 cm³/mol. The fraction of sp³-hybridized carbons (Fsp3) is 1.00. The van der Waals surface area contributed by atoms with Gasteiger partial charge < -0.3 is 10.6 Å². The molecule has 0 aromatic carbocycles. The molecule has 2 rings (SSSR count). The Labute approximate surface area is 81.5 Å². The smallest absolute Gasteiger partial charge is 0.0128 e. The van der Waals surface area contributed by atoms with Gasteiger partial charge in [-0.25, -0.2) is 0 Å². The van der Waals surface area contributed by atoms with Gasteiger partial charge in [0.25, 0.3) is 0 Å². The number of nitrogens with one attached hydrogen (secondary N) is 2. The summed E-state index contributed by atoms with van der Waals surface area (Å²) in [5, 5.41) is 7.26. The monoisotopic (exact) mass is 182 g/mol. The SMILES string of the molecule is CC1(C)CC(C2CCCCN2)CN1. The fourth-order valence-electron chi connectivity index (χ4n) is 2.77. The van der Waals surface area contributed by atoms with Crippen molar-refractivity contribution >= 4 is 0 Å². The highest BCUT2D eigenvalue weighted by Gasteiger charge is 2.35. The minimum atomic E-state index is 0.379. The summed E-state index contributed by atoms with van der Waals surface area (Å²) in [7, 11) is 0. The minimum absolute atomic E-state index is 0.379. The largest absolute Gasteiger partial charge is 0.314 e. The lowest BCUT2D eigenvalue weighted by Gasteiger charge is -2.29. The summed E-state index contributed by atoms with van der Waals surface area (Å²) in [6.45, 7) is 7.08. The highest BCUT2D eigenvalue weighted by atomic mass is 15.0. The van der Waals surface area contributed by atoms with Crippen molar-refractivity contribution in [2.45, 2.75) is 51.1 Å². The van der Waals surface area contributed by atoms with Crippen LogP contribution in [0.2, 0.25) is 0 Å². The maximum atomic E-state index is 3.66. The first-order valence-electron chi connectivity index (χ1n) is 5.66. The molecule has 0 bridgehead atoms. The average Bonchev–Trinajstić information content (AvgIpc) is 2.48. The van der Waals surface area contributed by atoms with Gasteiger partial charge in [-0.1, -0.05) is 6.42 Å². The van der Waals surface area contributed by atoms with E-state index in [1.165, 1.54) is 38.8 Å². The molecular formula is C11H22N2. The van der Waals surface area contributed by atoms with Crippen molar-refractivity contribution in [2.24, 2.45) is 5.92 Å². The van der Waals surface area contributed by atoms with E-state index in [-0.39, 0.29) is 0 Å². The van der Waals surface area contributed by atoms with E-state index in [0.29, 0.717) is 5.54 Å². The summed E-state index contributed by atoms with van der Waals surface area (Å²) >= 11 is 0. The molecule has 2 unspecified atom stereocenters. The van der Waals surface area contributed by atoms with Gasteiger partial charge in [0, 0.05) is 18.1 Å². The van der Waals surface area contributed by atoms with Crippen LogP contribution in [0.15, 0.2) is 0 Å². The van der Waals surface area contributed by atoms with E-state index in [2.05, 4.69) is 24.5 Å². The maximum absolute atomic E-state index is 3.66. The molecule has 2 heteroatoms. The van der Waals surface area contributed by atoms with Crippen LogP contribution in [0.25, 0.3) is 0 Å². The van der Waals surface area contributed by atoms with Gasteiger partial charge in [-0.15, -0.1) is 0 Å². The van der Waals surface area contributed by atoms with E-state index in [9.17, 15) is 0 Å². The molecule has 13 heavy (non-hydrogen) atoms. The van der Waals surface area contributed by atoms with Crippen LogP contribution < -0.4 is 10.6 Å². The van der Waals surface area contributed by atoms with Gasteiger partial charge in [0.1, 0.15) is 0 Å². The Bertz CT molecular complexity index is 171. The summed E-state index contributed by atoms with van der Waals surface area (Å²) in [5.41, 5.74) is 0.379. The molecule has 2 aliphatic heterocycles. The standard InChI is InChI=1S/C11H22N2/c1-11(2)7-9(8-13-11)10-5-3-4-6-12-10/h9-10,12-13H,3-8H2,1-2H3. The van der Waals surface area contributed by atoms with E-state index in [0.717, 1.165) is 12.0 Å². The highest BCUT2D eigenvalue weighted by molar-refractivity contribution is 4.95. The lowest BCUT2D eigenvalue weighted by atomic mass is 9.87. The fourth-order valence-corrected chi connectivity index (χ4v) is 2.77. The van der Waals surface area contributed by atoms with Crippen LogP contribution in [0.4, 0.5) is 0 Å². The lowest BCUT2D eigenvalue weighted by molar-refractivity contribution is 0.299. The first-order valence-corrected chi connectivity index (χ1v) is 5.66. The third kappa shape index (κ3) is 2.23. The Morgan fingerprint density at radius 1 is 1.23 bits per heavy atom. The van der Waals surface area contributed by atoms with Crippen LogP contribution in [0.5, 0.6) is 0 Å². The van der Waals surface area contributed by atoms with Crippen molar-refractivity contribution in [3.63, 3.8) is 0 Å². The second-order valence-corrected chi connectivity index (χ2v) is 5.29. The molecule has 0 aliphatic carbocycles. The summed E-state index contributed by atoms with van der Waals surface area (Å²) < 4.78 is 0. The zero-order chi connectivity index (χ0) is 9.31. The number of piperidine rings is 1. The molecule has 2 aliphatic rings. The Hall–Kier alpha value is -0.0800. The second kappa shape index (κ2) is 3.58. The Morgan fingerprint density at radius 2 is 2.08 bits per heavy atom. The Balaban J connectivity index is 1.87. The number of hydrogen-bond donors (Lipinski definition) is 2. The first-order chi connectivity index (χ1) is 6.17. The number of hydrogen-bond acceptors (Lipinski definition) is 2. The average molecular weight is 182 g/mol. The predicted octanol–water partition coefficient (Wildman–Crippen LogP) is 1.52. The van der Waals surface area contributed by atoms with Crippen molar-refractivity contribution in [1.82, 2.24) is 10.6 Å². The highest BCUT2D eigenvalue weighted by Crippen LogP contribution is 2.28. The normalized spacial score (nSPS) is 39.2. The zero-order valence-electron chi connectivity index (χ0n) is 8.90. The van der Waals surface area contributed by atoms with Gasteiger partial charge in [0.2, 0.25) is 0 Å². The molecule has 0 radical (unpaired) electrons. The van der Waals surface area contributed by atoms with Crippen molar-refractivity contribution in [2.75, 3.05) is 13.1 Å². The van der Waals surface area contributed by atoms with Gasteiger partial charge in [-0.2, -0.15) is 0 Å². The van der Waals surface area contributed by atoms with Gasteiger partial charge in [-0.05, 0) is 45.6 Å². The van der Waals surface area contributed by atoms with Crippen LogP contribution in [0, 0.1) is 5.92 Å². The first kappa shape index (κ1) is 9.47. The molecule has 0 aromatic heterocycles. The van der Waals surface area contributed by atoms with Crippen molar-refractivity contribution in [3.05, 3.63) is 0 Å². The second-order valence-electron chi connectivity index (χ2n) is 5.29. The summed E-state index contributed by atoms with van der Waals surface area (Å²) in [4.78, 5) is 0. The van der Waals surface area contributed by atoms with E-state index in [1.54, 1.807) is 0 Å². The van der Waals surface area contributed by atoms with E-state index >= 15 is 0 Å². The Kier molecular flexibility index (Phi) is 2.61. The van der Waals surface area contributed by atoms with E-state index < -0.39 is 0 Å². The minimum Gasteiger partial charge on any atom is -0.314 e. The molecule has 0 aromatic rings. The molecule has 2 N–H and O–H groups in total. The molecule has 2 saturated heterocycles. The third-order valence-electron chi connectivity index (χ3n) is 3.53. The summed E-state index contributed by atoms with van der Waals surface area (Å²) in [6, 6.07) is 0.794. The van der Waals surface area contributed by atoms with Crippen molar-refractivity contribution < 1.29 is 0 Å². The van der Waals surface area contributed by atoms with Gasteiger partial charge in [-0.3, -0.25) is 0 Å². The number of rotatable bonds is 1. The topological polar surface area (TPSA) is 24.1 Å². The quantitative estimate of drug-likeness (QED) is 0.642. The van der Waals surface area contributed by atoms with Crippen LogP contribution in [-0.2, 0) is 0 Å². The van der Waals surface area contributed by atoms with Crippen LogP contribution in [0.3, 0.4) is 0 Å². The van der Waals surface area contributed by atoms with Crippen molar-refractivity contribution in [1.29, 1.82) is 0 Å². The summed E-state index contributed by atoms with van der Waals surface area (Å²) in [5.74, 6) is 0.871. The molecule has 76 valence electrons. The van der Waals surface area contributed by atoms with Gasteiger partial charge in [0.05, 0.1) is 0 Å². The third-order valence-corrected chi connectivity index (χ3v) is 3.53. The van der Waals surface area contributed by atoms with Crippen LogP contribution >= 0.6 is 0 Å². The van der Waals surface area contributed by atoms with E-state index in [4.69, 9.17) is 0 Å². The Morgan fingerprint density at radius 3 is 2.62 bits per heavy atom.